The Bertz CT molecular complexity index is 922. The molecule has 2 heterocycles. The molecule has 0 saturated heterocycles. The maximum absolute atomic E-state index is 12.3. The highest BCUT2D eigenvalue weighted by Crippen LogP contribution is 2.20. The van der Waals surface area contributed by atoms with Gasteiger partial charge in [-0.25, -0.2) is 18.1 Å². The van der Waals surface area contributed by atoms with Gasteiger partial charge in [-0.2, -0.15) is 0 Å². The highest BCUT2D eigenvalue weighted by molar-refractivity contribution is 7.89. The Morgan fingerprint density at radius 3 is 2.62 bits per heavy atom. The van der Waals surface area contributed by atoms with Crippen molar-refractivity contribution < 1.29 is 8.42 Å². The van der Waals surface area contributed by atoms with Crippen LogP contribution in [-0.2, 0) is 16.4 Å². The average molecular weight is 359 g/mol. The van der Waals surface area contributed by atoms with Gasteiger partial charge in [0.1, 0.15) is 0 Å². The Hall–Kier alpha value is -2.09. The van der Waals surface area contributed by atoms with E-state index in [1.165, 1.54) is 11.3 Å². The second-order valence-electron chi connectivity index (χ2n) is 5.25. The molecular formula is C17H17N3O2S2. The maximum Gasteiger partial charge on any atom is 0.240 e. The number of aryl methyl sites for hydroxylation is 1. The van der Waals surface area contributed by atoms with Crippen LogP contribution in [-0.4, -0.2) is 24.9 Å². The van der Waals surface area contributed by atoms with Crippen LogP contribution in [0.3, 0.4) is 0 Å². The summed E-state index contributed by atoms with van der Waals surface area (Å²) in [4.78, 5) is 9.09. The van der Waals surface area contributed by atoms with Crippen LogP contribution >= 0.6 is 11.3 Å². The van der Waals surface area contributed by atoms with Crippen molar-refractivity contribution in [3.63, 3.8) is 0 Å². The van der Waals surface area contributed by atoms with Crippen molar-refractivity contribution in [3.05, 3.63) is 64.6 Å². The number of nitrogens with one attached hydrogen (secondary N) is 1. The number of nitrogens with zero attached hydrogens (tertiary/aromatic N) is 2. The first-order valence-corrected chi connectivity index (χ1v) is 9.84. The first-order chi connectivity index (χ1) is 11.6. The van der Waals surface area contributed by atoms with Crippen molar-refractivity contribution in [3.8, 4) is 11.4 Å². The van der Waals surface area contributed by atoms with Gasteiger partial charge in [-0.05, 0) is 30.7 Å². The summed E-state index contributed by atoms with van der Waals surface area (Å²) in [6, 6.07) is 12.6. The molecule has 24 heavy (non-hydrogen) atoms. The van der Waals surface area contributed by atoms with Gasteiger partial charge < -0.3 is 0 Å². The van der Waals surface area contributed by atoms with Gasteiger partial charge in [0, 0.05) is 24.5 Å². The van der Waals surface area contributed by atoms with Crippen LogP contribution in [0.25, 0.3) is 11.4 Å². The van der Waals surface area contributed by atoms with E-state index in [1.807, 2.05) is 29.6 Å². The highest BCUT2D eigenvalue weighted by atomic mass is 32.2. The molecule has 1 N–H and O–H groups in total. The molecule has 0 bridgehead atoms. The number of aromatic nitrogens is 2. The third kappa shape index (κ3) is 3.87. The fourth-order valence-electron chi connectivity index (χ4n) is 2.29. The van der Waals surface area contributed by atoms with E-state index in [0.717, 1.165) is 22.0 Å². The van der Waals surface area contributed by atoms with E-state index >= 15 is 0 Å². The summed E-state index contributed by atoms with van der Waals surface area (Å²) in [5.74, 6) is 0. The molecule has 0 saturated carbocycles. The Balaban J connectivity index is 1.63. The summed E-state index contributed by atoms with van der Waals surface area (Å²) in [5.41, 5.74) is 2.37. The number of thiazole rings is 1. The molecule has 0 unspecified atom stereocenters. The number of benzene rings is 1. The van der Waals surface area contributed by atoms with Crippen LogP contribution in [0.5, 0.6) is 0 Å². The van der Waals surface area contributed by atoms with Crippen molar-refractivity contribution in [1.82, 2.24) is 14.7 Å². The molecule has 0 atom stereocenters. The van der Waals surface area contributed by atoms with Crippen molar-refractivity contribution >= 4 is 21.4 Å². The first-order valence-electron chi connectivity index (χ1n) is 7.47. The van der Waals surface area contributed by atoms with Crippen LogP contribution in [0, 0.1) is 6.92 Å². The lowest BCUT2D eigenvalue weighted by Gasteiger charge is -2.08. The lowest BCUT2D eigenvalue weighted by atomic mass is 10.2. The lowest BCUT2D eigenvalue weighted by Crippen LogP contribution is -2.26. The predicted octanol–water partition coefficient (Wildman–Crippen LogP) is 3.03. The summed E-state index contributed by atoms with van der Waals surface area (Å²) in [6.07, 6.45) is 2.27. The van der Waals surface area contributed by atoms with Crippen molar-refractivity contribution in [2.45, 2.75) is 18.2 Å². The maximum atomic E-state index is 12.3. The summed E-state index contributed by atoms with van der Waals surface area (Å²) in [6.45, 7) is 2.10. The van der Waals surface area contributed by atoms with E-state index in [4.69, 9.17) is 0 Å². The minimum Gasteiger partial charge on any atom is -0.255 e. The smallest absolute Gasteiger partial charge is 0.240 e. The standard InChI is InChI=1S/C17H17N3O2S2/c1-13-6-2-3-8-16(13)24(21,22)19-11-9-17-20-15(12-23-17)14-7-4-5-10-18-14/h2-8,10,12,19H,9,11H2,1H3. The molecule has 0 aliphatic carbocycles. The van der Waals surface area contributed by atoms with Crippen LogP contribution < -0.4 is 4.72 Å². The van der Waals surface area contributed by atoms with E-state index in [1.54, 1.807) is 31.3 Å². The number of pyridine rings is 1. The molecule has 1 aromatic carbocycles. The van der Waals surface area contributed by atoms with Gasteiger partial charge in [-0.1, -0.05) is 24.3 Å². The molecule has 0 amide bonds. The molecule has 3 aromatic rings. The zero-order valence-corrected chi connectivity index (χ0v) is 14.8. The molecule has 0 spiro atoms. The van der Waals surface area contributed by atoms with Gasteiger partial charge in [0.05, 0.1) is 21.3 Å². The molecule has 0 fully saturated rings. The molecule has 5 nitrogen and oxygen atoms in total. The molecule has 7 heteroatoms. The highest BCUT2D eigenvalue weighted by Gasteiger charge is 2.15. The lowest BCUT2D eigenvalue weighted by molar-refractivity contribution is 0.581. The summed E-state index contributed by atoms with van der Waals surface area (Å²) in [7, 11) is -3.49. The normalized spacial score (nSPS) is 11.5. The van der Waals surface area contributed by atoms with E-state index < -0.39 is 10.0 Å². The van der Waals surface area contributed by atoms with Gasteiger partial charge in [0.25, 0.3) is 0 Å². The van der Waals surface area contributed by atoms with Gasteiger partial charge in [-0.3, -0.25) is 4.98 Å². The van der Waals surface area contributed by atoms with Crippen LogP contribution in [0.1, 0.15) is 10.6 Å². The number of hydrogen-bond donors (Lipinski definition) is 1. The predicted molar refractivity (Wildman–Crippen MR) is 95.4 cm³/mol. The summed E-state index contributed by atoms with van der Waals surface area (Å²) < 4.78 is 27.3. The van der Waals surface area contributed by atoms with E-state index in [9.17, 15) is 8.42 Å². The van der Waals surface area contributed by atoms with Crippen molar-refractivity contribution in [1.29, 1.82) is 0 Å². The summed E-state index contributed by atoms with van der Waals surface area (Å²) >= 11 is 1.51. The summed E-state index contributed by atoms with van der Waals surface area (Å²) in [5, 5.41) is 2.82. The fraction of sp³-hybridized carbons (Fsp3) is 0.176. The van der Waals surface area contributed by atoms with E-state index in [0.29, 0.717) is 17.9 Å². The molecule has 0 aliphatic rings. The van der Waals surface area contributed by atoms with Crippen LogP contribution in [0.2, 0.25) is 0 Å². The molecule has 0 radical (unpaired) electrons. The third-order valence-corrected chi connectivity index (χ3v) is 6.02. The van der Waals surface area contributed by atoms with E-state index in [-0.39, 0.29) is 0 Å². The zero-order chi connectivity index (χ0) is 17.0. The number of rotatable bonds is 6. The average Bonchev–Trinajstić information content (AvgIpc) is 3.05. The molecule has 124 valence electrons. The molecule has 0 aliphatic heterocycles. The fourth-order valence-corrected chi connectivity index (χ4v) is 4.35. The second-order valence-corrected chi connectivity index (χ2v) is 7.93. The Kier molecular flexibility index (Phi) is 5.03. The third-order valence-electron chi connectivity index (χ3n) is 3.49. The van der Waals surface area contributed by atoms with Gasteiger partial charge in [0.15, 0.2) is 0 Å². The quantitative estimate of drug-likeness (QED) is 0.734. The monoisotopic (exact) mass is 359 g/mol. The minimum absolute atomic E-state index is 0.311. The van der Waals surface area contributed by atoms with Gasteiger partial charge >= 0.3 is 0 Å². The largest absolute Gasteiger partial charge is 0.255 e. The SMILES string of the molecule is Cc1ccccc1S(=O)(=O)NCCc1nc(-c2ccccn2)cs1. The van der Waals surface area contributed by atoms with Crippen LogP contribution in [0.15, 0.2) is 58.9 Å². The molecule has 2 aromatic heterocycles. The number of sulfonamides is 1. The van der Waals surface area contributed by atoms with Crippen molar-refractivity contribution in [2.24, 2.45) is 0 Å². The topological polar surface area (TPSA) is 72.0 Å². The Morgan fingerprint density at radius 1 is 1.08 bits per heavy atom. The zero-order valence-electron chi connectivity index (χ0n) is 13.1. The van der Waals surface area contributed by atoms with Crippen LogP contribution in [0.4, 0.5) is 0 Å². The Labute approximate surface area is 145 Å². The van der Waals surface area contributed by atoms with E-state index in [2.05, 4.69) is 14.7 Å². The first kappa shape index (κ1) is 16.8. The molecule has 3 rings (SSSR count). The number of hydrogen-bond acceptors (Lipinski definition) is 5. The second kappa shape index (κ2) is 7.21. The van der Waals surface area contributed by atoms with Crippen molar-refractivity contribution in [2.75, 3.05) is 6.54 Å². The van der Waals surface area contributed by atoms with Gasteiger partial charge in [-0.15, -0.1) is 11.3 Å². The van der Waals surface area contributed by atoms with Gasteiger partial charge in [0.2, 0.25) is 10.0 Å². The minimum atomic E-state index is -3.49. The molecular weight excluding hydrogens is 342 g/mol. The Morgan fingerprint density at radius 2 is 1.88 bits per heavy atom.